The first-order valence-corrected chi connectivity index (χ1v) is 4.05. The van der Waals surface area contributed by atoms with Crippen molar-refractivity contribution in [3.63, 3.8) is 0 Å². The van der Waals surface area contributed by atoms with Crippen LogP contribution in [0.4, 0.5) is 5.69 Å². The molecule has 0 aliphatic rings. The molecule has 1 aromatic heterocycles. The van der Waals surface area contributed by atoms with E-state index < -0.39 is 0 Å². The van der Waals surface area contributed by atoms with E-state index in [1.165, 1.54) is 0 Å². The van der Waals surface area contributed by atoms with Gasteiger partial charge in [-0.1, -0.05) is 15.9 Å². The van der Waals surface area contributed by atoms with Crippen molar-refractivity contribution in [1.29, 1.82) is 0 Å². The van der Waals surface area contributed by atoms with Gasteiger partial charge in [-0.3, -0.25) is 9.89 Å². The molecule has 4 nitrogen and oxygen atoms in total. The van der Waals surface area contributed by atoms with Crippen molar-refractivity contribution in [1.82, 2.24) is 10.2 Å². The van der Waals surface area contributed by atoms with Crippen molar-refractivity contribution in [2.75, 3.05) is 5.32 Å². The van der Waals surface area contributed by atoms with Crippen LogP contribution >= 0.6 is 15.9 Å². The van der Waals surface area contributed by atoms with Crippen molar-refractivity contribution in [2.24, 2.45) is 0 Å². The second-order valence-electron chi connectivity index (χ2n) is 2.09. The van der Waals surface area contributed by atoms with Gasteiger partial charge in [0.25, 0.3) is 0 Å². The zero-order valence-electron chi connectivity index (χ0n) is 5.97. The Morgan fingerprint density at radius 2 is 2.64 bits per heavy atom. The largest absolute Gasteiger partial charge is 0.322 e. The van der Waals surface area contributed by atoms with Crippen LogP contribution in [-0.2, 0) is 4.79 Å². The first kappa shape index (κ1) is 8.26. The third kappa shape index (κ3) is 2.34. The molecule has 0 spiro atoms. The Hall–Kier alpha value is -0.840. The summed E-state index contributed by atoms with van der Waals surface area (Å²) in [6.07, 6.45) is 3.17. The molecule has 1 heterocycles. The van der Waals surface area contributed by atoms with Gasteiger partial charge in [0.15, 0.2) is 0 Å². The van der Waals surface area contributed by atoms with Crippen molar-refractivity contribution in [2.45, 2.75) is 11.8 Å². The standard InChI is InChI=1S/C6H8BrN3O/c1-4(7)6(11)10-5-2-8-9-3-5/h2-4H,1H3,(H,8,9)(H,10,11). The zero-order chi connectivity index (χ0) is 8.27. The first-order valence-electron chi connectivity index (χ1n) is 3.14. The van der Waals surface area contributed by atoms with Gasteiger partial charge in [-0.05, 0) is 6.92 Å². The third-order valence-corrected chi connectivity index (χ3v) is 1.54. The lowest BCUT2D eigenvalue weighted by atomic mass is 10.4. The second-order valence-corrected chi connectivity index (χ2v) is 3.47. The first-order chi connectivity index (χ1) is 5.20. The minimum Gasteiger partial charge on any atom is -0.322 e. The molecule has 60 valence electrons. The normalized spacial score (nSPS) is 12.5. The van der Waals surface area contributed by atoms with E-state index in [9.17, 15) is 4.79 Å². The fraction of sp³-hybridized carbons (Fsp3) is 0.333. The highest BCUT2D eigenvalue weighted by Crippen LogP contribution is 2.05. The highest BCUT2D eigenvalue weighted by Gasteiger charge is 2.08. The predicted molar refractivity (Wildman–Crippen MR) is 45.6 cm³/mol. The molecule has 0 saturated heterocycles. The predicted octanol–water partition coefficient (Wildman–Crippen LogP) is 1.13. The average Bonchev–Trinajstić information content (AvgIpc) is 2.39. The van der Waals surface area contributed by atoms with Crippen molar-refractivity contribution >= 4 is 27.5 Å². The van der Waals surface area contributed by atoms with Crippen LogP contribution in [0.1, 0.15) is 6.92 Å². The minimum absolute atomic E-state index is 0.0774. The summed E-state index contributed by atoms with van der Waals surface area (Å²) in [5.41, 5.74) is 0.682. The van der Waals surface area contributed by atoms with Gasteiger partial charge in [-0.2, -0.15) is 5.10 Å². The molecule has 1 aromatic rings. The third-order valence-electron chi connectivity index (χ3n) is 1.13. The highest BCUT2D eigenvalue weighted by molar-refractivity contribution is 9.10. The summed E-state index contributed by atoms with van der Waals surface area (Å²) in [5.74, 6) is -0.0774. The summed E-state index contributed by atoms with van der Waals surface area (Å²) in [7, 11) is 0. The van der Waals surface area contributed by atoms with E-state index in [2.05, 4.69) is 31.4 Å². The summed E-state index contributed by atoms with van der Waals surface area (Å²) >= 11 is 3.14. The van der Waals surface area contributed by atoms with Gasteiger partial charge in [-0.25, -0.2) is 0 Å². The Morgan fingerprint density at radius 3 is 3.09 bits per heavy atom. The molecule has 0 bridgehead atoms. The molecule has 1 atom stereocenters. The monoisotopic (exact) mass is 217 g/mol. The molecule has 1 unspecified atom stereocenters. The number of halogens is 1. The van der Waals surface area contributed by atoms with E-state index in [4.69, 9.17) is 0 Å². The lowest BCUT2D eigenvalue weighted by Gasteiger charge is -2.01. The molecule has 0 aromatic carbocycles. The van der Waals surface area contributed by atoms with Gasteiger partial charge in [0, 0.05) is 6.20 Å². The van der Waals surface area contributed by atoms with Crippen LogP contribution < -0.4 is 5.32 Å². The van der Waals surface area contributed by atoms with E-state index >= 15 is 0 Å². The topological polar surface area (TPSA) is 57.8 Å². The van der Waals surface area contributed by atoms with E-state index in [-0.39, 0.29) is 10.7 Å². The highest BCUT2D eigenvalue weighted by atomic mass is 79.9. The molecule has 2 N–H and O–H groups in total. The van der Waals surface area contributed by atoms with E-state index in [0.717, 1.165) is 0 Å². The van der Waals surface area contributed by atoms with Crippen molar-refractivity contribution in [3.8, 4) is 0 Å². The van der Waals surface area contributed by atoms with Crippen LogP contribution in [0.15, 0.2) is 12.4 Å². The number of aromatic nitrogens is 2. The van der Waals surface area contributed by atoms with E-state index in [1.807, 2.05) is 0 Å². The van der Waals surface area contributed by atoms with E-state index in [1.54, 1.807) is 19.3 Å². The lowest BCUT2D eigenvalue weighted by Crippen LogP contribution is -2.19. The number of hydrogen-bond acceptors (Lipinski definition) is 2. The molecular formula is C6H8BrN3O. The number of nitrogens with one attached hydrogen (secondary N) is 2. The maximum Gasteiger partial charge on any atom is 0.237 e. The Balaban J connectivity index is 2.50. The molecule has 1 rings (SSSR count). The molecule has 0 fully saturated rings. The number of carbonyl (C=O) groups is 1. The van der Waals surface area contributed by atoms with Gasteiger partial charge in [0.2, 0.25) is 5.91 Å². The summed E-state index contributed by atoms with van der Waals surface area (Å²) in [6.45, 7) is 1.76. The van der Waals surface area contributed by atoms with Crippen molar-refractivity contribution < 1.29 is 4.79 Å². The van der Waals surface area contributed by atoms with Crippen molar-refractivity contribution in [3.05, 3.63) is 12.4 Å². The van der Waals surface area contributed by atoms with Gasteiger partial charge in [0.1, 0.15) is 0 Å². The van der Waals surface area contributed by atoms with Crippen LogP contribution in [0.2, 0.25) is 0 Å². The zero-order valence-corrected chi connectivity index (χ0v) is 7.55. The fourth-order valence-electron chi connectivity index (χ4n) is 0.561. The number of anilines is 1. The van der Waals surface area contributed by atoms with Gasteiger partial charge < -0.3 is 5.32 Å². The average molecular weight is 218 g/mol. The molecular weight excluding hydrogens is 210 g/mol. The molecule has 5 heteroatoms. The minimum atomic E-state index is -0.183. The Kier molecular flexibility index (Phi) is 2.64. The van der Waals surface area contributed by atoms with Crippen LogP contribution in [0.3, 0.4) is 0 Å². The maximum atomic E-state index is 11.0. The molecule has 0 aliphatic carbocycles. The molecule has 0 radical (unpaired) electrons. The Morgan fingerprint density at radius 1 is 1.91 bits per heavy atom. The van der Waals surface area contributed by atoms with Crippen LogP contribution in [0, 0.1) is 0 Å². The molecule has 0 aliphatic heterocycles. The quantitative estimate of drug-likeness (QED) is 0.731. The number of rotatable bonds is 2. The Bertz CT molecular complexity index is 232. The Labute approximate surface area is 72.5 Å². The van der Waals surface area contributed by atoms with Crippen LogP contribution in [0.25, 0.3) is 0 Å². The number of carbonyl (C=O) groups excluding carboxylic acids is 1. The number of alkyl halides is 1. The number of hydrogen-bond donors (Lipinski definition) is 2. The summed E-state index contributed by atoms with van der Waals surface area (Å²) in [6, 6.07) is 0. The van der Waals surface area contributed by atoms with E-state index in [0.29, 0.717) is 5.69 Å². The van der Waals surface area contributed by atoms with Gasteiger partial charge in [0.05, 0.1) is 16.7 Å². The summed E-state index contributed by atoms with van der Waals surface area (Å²) in [5, 5.41) is 8.92. The lowest BCUT2D eigenvalue weighted by molar-refractivity contribution is -0.115. The number of amides is 1. The van der Waals surface area contributed by atoms with Gasteiger partial charge >= 0.3 is 0 Å². The number of nitrogens with zero attached hydrogens (tertiary/aromatic N) is 1. The van der Waals surface area contributed by atoms with Crippen LogP contribution in [0.5, 0.6) is 0 Å². The molecule has 0 saturated carbocycles. The number of aromatic amines is 1. The number of H-pyrrole nitrogens is 1. The second kappa shape index (κ2) is 3.52. The molecule has 11 heavy (non-hydrogen) atoms. The fourth-order valence-corrected chi connectivity index (χ4v) is 0.675. The SMILES string of the molecule is CC(Br)C(=O)Nc1cn[nH]c1. The smallest absolute Gasteiger partial charge is 0.237 e. The maximum absolute atomic E-state index is 11.0. The summed E-state index contributed by atoms with van der Waals surface area (Å²) < 4.78 is 0. The summed E-state index contributed by atoms with van der Waals surface area (Å²) in [4.78, 5) is 10.8. The van der Waals surface area contributed by atoms with Crippen LogP contribution in [-0.4, -0.2) is 20.9 Å². The molecule has 1 amide bonds. The van der Waals surface area contributed by atoms with Gasteiger partial charge in [-0.15, -0.1) is 0 Å².